The Morgan fingerprint density at radius 3 is 2.61 bits per heavy atom. The normalized spacial score (nSPS) is 12.5. The Bertz CT molecular complexity index is 1480. The van der Waals surface area contributed by atoms with Gasteiger partial charge in [-0.15, -0.1) is 0 Å². The summed E-state index contributed by atoms with van der Waals surface area (Å²) in [4.78, 5) is 18.0. The lowest BCUT2D eigenvalue weighted by atomic mass is 10.2. The summed E-state index contributed by atoms with van der Waals surface area (Å²) in [6.45, 7) is 4.12. The van der Waals surface area contributed by atoms with E-state index in [0.717, 1.165) is 28.7 Å². The van der Waals surface area contributed by atoms with E-state index in [0.29, 0.717) is 22.5 Å². The molecule has 0 aliphatic carbocycles. The zero-order valence-corrected chi connectivity index (χ0v) is 18.4. The summed E-state index contributed by atoms with van der Waals surface area (Å²) in [5.41, 5.74) is 1.89. The van der Waals surface area contributed by atoms with Crippen LogP contribution in [0.4, 0.5) is 0 Å². The van der Waals surface area contributed by atoms with Crippen molar-refractivity contribution >= 4 is 28.1 Å². The fourth-order valence-corrected chi connectivity index (χ4v) is 3.55. The van der Waals surface area contributed by atoms with Crippen LogP contribution in [0, 0.1) is 0 Å². The number of benzene rings is 3. The fraction of sp³-hybridized carbons (Fsp3) is 0.148. The molecule has 0 bridgehead atoms. The van der Waals surface area contributed by atoms with Crippen molar-refractivity contribution in [2.24, 2.45) is 5.10 Å². The van der Waals surface area contributed by atoms with E-state index in [4.69, 9.17) is 14.1 Å². The largest absolute Gasteiger partial charge is 0.491 e. The molecule has 33 heavy (non-hydrogen) atoms. The smallest absolute Gasteiger partial charge is 0.282 e. The highest BCUT2D eigenvalue weighted by molar-refractivity contribution is 5.84. The minimum atomic E-state index is -0.260. The third-order valence-electron chi connectivity index (χ3n) is 5.51. The van der Waals surface area contributed by atoms with E-state index >= 15 is 0 Å². The quantitative estimate of drug-likeness (QED) is 0.312. The molecule has 0 amide bonds. The molecule has 6 nitrogen and oxygen atoms in total. The Morgan fingerprint density at radius 2 is 1.82 bits per heavy atom. The number of hydrogen-bond donors (Lipinski definition) is 0. The Balaban J connectivity index is 1.58. The number of furan rings is 1. The van der Waals surface area contributed by atoms with E-state index in [1.165, 1.54) is 4.68 Å². The summed E-state index contributed by atoms with van der Waals surface area (Å²) in [5.74, 6) is 1.63. The SMILES string of the molecule is CC[C@@H](C)Oc1ccc(C=Nn2c(-c3cc4ccccc4o3)nc3ccccc3c2=O)cc1. The number of aromatic nitrogens is 2. The van der Waals surface area contributed by atoms with Gasteiger partial charge in [0.05, 0.1) is 23.2 Å². The van der Waals surface area contributed by atoms with Crippen molar-refractivity contribution in [1.29, 1.82) is 0 Å². The number of nitrogens with zero attached hydrogens (tertiary/aromatic N) is 3. The van der Waals surface area contributed by atoms with Gasteiger partial charge in [0.15, 0.2) is 5.76 Å². The summed E-state index contributed by atoms with van der Waals surface area (Å²) >= 11 is 0. The summed E-state index contributed by atoms with van der Waals surface area (Å²) in [6, 6.07) is 24.4. The molecule has 0 spiro atoms. The average Bonchev–Trinajstić information content (AvgIpc) is 3.28. The second kappa shape index (κ2) is 8.74. The van der Waals surface area contributed by atoms with Crippen molar-refractivity contribution in [3.63, 3.8) is 0 Å². The van der Waals surface area contributed by atoms with Gasteiger partial charge in [-0.3, -0.25) is 4.79 Å². The van der Waals surface area contributed by atoms with Gasteiger partial charge in [0, 0.05) is 5.39 Å². The van der Waals surface area contributed by atoms with Gasteiger partial charge in [-0.1, -0.05) is 37.3 Å². The first-order valence-corrected chi connectivity index (χ1v) is 10.9. The standard InChI is InChI=1S/C27H23N3O3/c1-3-18(2)32-21-14-12-19(13-15-21)17-28-30-26(25-16-20-8-4-7-11-24(20)33-25)29-23-10-6-5-9-22(23)27(30)31/h4-18H,3H2,1-2H3/t18-/m1/s1. The molecule has 0 saturated heterocycles. The van der Waals surface area contributed by atoms with E-state index in [-0.39, 0.29) is 11.7 Å². The van der Waals surface area contributed by atoms with E-state index in [9.17, 15) is 4.79 Å². The number of ether oxygens (including phenoxy) is 1. The van der Waals surface area contributed by atoms with Crippen LogP contribution in [-0.2, 0) is 0 Å². The van der Waals surface area contributed by atoms with Crippen LogP contribution in [0.2, 0.25) is 0 Å². The molecule has 0 unspecified atom stereocenters. The first-order valence-electron chi connectivity index (χ1n) is 10.9. The lowest BCUT2D eigenvalue weighted by molar-refractivity contribution is 0.217. The van der Waals surface area contributed by atoms with Crippen LogP contribution in [0.25, 0.3) is 33.5 Å². The van der Waals surface area contributed by atoms with Gasteiger partial charge in [0.2, 0.25) is 5.82 Å². The van der Waals surface area contributed by atoms with Gasteiger partial charge in [-0.05, 0) is 67.4 Å². The minimum Gasteiger partial charge on any atom is -0.491 e. The molecule has 6 heteroatoms. The molecule has 0 N–H and O–H groups in total. The zero-order chi connectivity index (χ0) is 22.8. The summed E-state index contributed by atoms with van der Waals surface area (Å²) in [5, 5.41) is 5.92. The van der Waals surface area contributed by atoms with Crippen LogP contribution in [0.3, 0.4) is 0 Å². The second-order valence-corrected chi connectivity index (χ2v) is 7.87. The first kappa shape index (κ1) is 20.7. The van der Waals surface area contributed by atoms with Crippen LogP contribution >= 0.6 is 0 Å². The van der Waals surface area contributed by atoms with Gasteiger partial charge in [-0.25, -0.2) is 4.98 Å². The lowest BCUT2D eigenvalue weighted by Crippen LogP contribution is -2.20. The molecule has 0 aliphatic rings. The molecular formula is C27H23N3O3. The molecule has 1 atom stereocenters. The van der Waals surface area contributed by atoms with Gasteiger partial charge >= 0.3 is 0 Å². The van der Waals surface area contributed by atoms with Crippen molar-refractivity contribution in [2.75, 3.05) is 0 Å². The van der Waals surface area contributed by atoms with E-state index in [1.54, 1.807) is 12.3 Å². The van der Waals surface area contributed by atoms with Gasteiger partial charge in [0.25, 0.3) is 5.56 Å². The molecule has 5 rings (SSSR count). The zero-order valence-electron chi connectivity index (χ0n) is 18.4. The monoisotopic (exact) mass is 437 g/mol. The highest BCUT2D eigenvalue weighted by Gasteiger charge is 2.16. The summed E-state index contributed by atoms with van der Waals surface area (Å²) < 4.78 is 13.1. The highest BCUT2D eigenvalue weighted by atomic mass is 16.5. The number of fused-ring (bicyclic) bond motifs is 2. The first-order chi connectivity index (χ1) is 16.1. The Kier molecular flexibility index (Phi) is 5.48. The van der Waals surface area contributed by atoms with Crippen molar-refractivity contribution in [3.05, 3.63) is 94.8 Å². The summed E-state index contributed by atoms with van der Waals surface area (Å²) in [7, 11) is 0. The molecule has 0 saturated carbocycles. The molecule has 3 aromatic carbocycles. The van der Waals surface area contributed by atoms with E-state index in [2.05, 4.69) is 12.0 Å². The molecule has 0 aliphatic heterocycles. The predicted octanol–water partition coefficient (Wildman–Crippen LogP) is 5.87. The Morgan fingerprint density at radius 1 is 1.06 bits per heavy atom. The fourth-order valence-electron chi connectivity index (χ4n) is 3.55. The topological polar surface area (TPSA) is 69.6 Å². The average molecular weight is 437 g/mol. The van der Waals surface area contributed by atoms with Crippen molar-refractivity contribution in [2.45, 2.75) is 26.4 Å². The van der Waals surface area contributed by atoms with Gasteiger partial charge < -0.3 is 9.15 Å². The number of hydrogen-bond acceptors (Lipinski definition) is 5. The van der Waals surface area contributed by atoms with E-state index < -0.39 is 0 Å². The maximum atomic E-state index is 13.3. The van der Waals surface area contributed by atoms with Crippen LogP contribution < -0.4 is 10.3 Å². The predicted molar refractivity (Wildman–Crippen MR) is 131 cm³/mol. The van der Waals surface area contributed by atoms with Crippen molar-refractivity contribution in [3.8, 4) is 17.3 Å². The van der Waals surface area contributed by atoms with Crippen LogP contribution in [0.5, 0.6) is 5.75 Å². The number of para-hydroxylation sites is 2. The molecule has 2 heterocycles. The molecule has 164 valence electrons. The molecule has 2 aromatic heterocycles. The Hall–Kier alpha value is -4.19. The van der Waals surface area contributed by atoms with Crippen molar-refractivity contribution < 1.29 is 9.15 Å². The van der Waals surface area contributed by atoms with Crippen molar-refractivity contribution in [1.82, 2.24) is 9.66 Å². The minimum absolute atomic E-state index is 0.151. The maximum absolute atomic E-state index is 13.3. The third-order valence-corrected chi connectivity index (χ3v) is 5.51. The Labute approximate surface area is 190 Å². The second-order valence-electron chi connectivity index (χ2n) is 7.87. The highest BCUT2D eigenvalue weighted by Crippen LogP contribution is 2.27. The summed E-state index contributed by atoms with van der Waals surface area (Å²) in [6.07, 6.45) is 2.72. The lowest BCUT2D eigenvalue weighted by Gasteiger charge is -2.12. The molecule has 0 radical (unpaired) electrons. The maximum Gasteiger partial charge on any atom is 0.282 e. The molecular weight excluding hydrogens is 414 g/mol. The molecule has 0 fully saturated rings. The van der Waals surface area contributed by atoms with Crippen LogP contribution in [-0.4, -0.2) is 22.0 Å². The van der Waals surface area contributed by atoms with Crippen LogP contribution in [0.15, 0.2) is 93.2 Å². The number of rotatable bonds is 6. The van der Waals surface area contributed by atoms with Gasteiger partial charge in [-0.2, -0.15) is 9.78 Å². The van der Waals surface area contributed by atoms with Crippen LogP contribution in [0.1, 0.15) is 25.8 Å². The van der Waals surface area contributed by atoms with Gasteiger partial charge in [0.1, 0.15) is 11.3 Å². The third kappa shape index (κ3) is 4.15. The molecule has 5 aromatic rings. The van der Waals surface area contributed by atoms with E-state index in [1.807, 2.05) is 79.7 Å².